The van der Waals surface area contributed by atoms with Gasteiger partial charge in [-0.25, -0.2) is 4.79 Å². The lowest BCUT2D eigenvalue weighted by Gasteiger charge is -2.03. The molecule has 0 heterocycles. The molecule has 1 rings (SSSR count). The van der Waals surface area contributed by atoms with Crippen molar-refractivity contribution in [3.8, 4) is 0 Å². The summed E-state index contributed by atoms with van der Waals surface area (Å²) < 4.78 is 9.53. The van der Waals surface area contributed by atoms with Crippen LogP contribution in [0.15, 0.2) is 30.3 Å². The third kappa shape index (κ3) is 4.70. The number of hydrogen-bond donors (Lipinski definition) is 0. The van der Waals surface area contributed by atoms with Crippen molar-refractivity contribution in [3.05, 3.63) is 35.9 Å². The first kappa shape index (κ1) is 12.4. The zero-order chi connectivity index (χ0) is 11.8. The third-order valence-electron chi connectivity index (χ3n) is 1.85. The van der Waals surface area contributed by atoms with Crippen LogP contribution in [0.2, 0.25) is 0 Å². The summed E-state index contributed by atoms with van der Waals surface area (Å²) in [5, 5.41) is 0. The minimum Gasteiger partial charge on any atom is -0.391 e. The number of carbonyl (C=O) groups excluding carboxylic acids is 2. The summed E-state index contributed by atoms with van der Waals surface area (Å²) in [6.07, 6.45) is 0.185. The fraction of sp³-hybridized carbons (Fsp3) is 0.333. The van der Waals surface area contributed by atoms with Crippen molar-refractivity contribution < 1.29 is 19.1 Å². The second-order valence-corrected chi connectivity index (χ2v) is 3.18. The number of ether oxygens (including phenoxy) is 2. The number of carbonyl (C=O) groups is 2. The number of rotatable bonds is 5. The van der Waals surface area contributed by atoms with E-state index in [9.17, 15) is 9.59 Å². The molecule has 0 amide bonds. The molecule has 0 saturated carbocycles. The van der Waals surface area contributed by atoms with Gasteiger partial charge in [0.1, 0.15) is 6.61 Å². The topological polar surface area (TPSA) is 52.6 Å². The molecule has 0 atom stereocenters. The maximum atomic E-state index is 11.0. The Hall–Kier alpha value is -1.68. The van der Waals surface area contributed by atoms with Crippen molar-refractivity contribution in [1.29, 1.82) is 0 Å². The summed E-state index contributed by atoms with van der Waals surface area (Å²) in [4.78, 5) is 21.8. The molecule has 0 bridgehead atoms. The van der Waals surface area contributed by atoms with Gasteiger partial charge in [0.15, 0.2) is 0 Å². The molecular weight excluding hydrogens is 208 g/mol. The van der Waals surface area contributed by atoms with E-state index in [1.807, 2.05) is 30.3 Å². The van der Waals surface area contributed by atoms with Gasteiger partial charge in [-0.2, -0.15) is 0 Å². The van der Waals surface area contributed by atoms with Crippen LogP contribution in [-0.4, -0.2) is 18.5 Å². The van der Waals surface area contributed by atoms with Gasteiger partial charge in [-0.1, -0.05) is 37.3 Å². The Balaban J connectivity index is 2.21. The van der Waals surface area contributed by atoms with Crippen LogP contribution in [0, 0.1) is 0 Å². The Morgan fingerprint density at radius 3 is 2.44 bits per heavy atom. The molecule has 0 aromatic heterocycles. The van der Waals surface area contributed by atoms with Crippen molar-refractivity contribution in [3.63, 3.8) is 0 Å². The van der Waals surface area contributed by atoms with Gasteiger partial charge in [0.25, 0.3) is 0 Å². The Morgan fingerprint density at radius 1 is 1.12 bits per heavy atom. The van der Waals surface area contributed by atoms with E-state index in [1.54, 1.807) is 6.92 Å². The largest absolute Gasteiger partial charge is 0.391 e. The molecule has 0 N–H and O–H groups in total. The normalized spacial score (nSPS) is 9.81. The predicted octanol–water partition coefficient (Wildman–Crippen LogP) is 1.68. The number of esters is 2. The Kier molecular flexibility index (Phi) is 5.22. The Morgan fingerprint density at radius 2 is 1.81 bits per heavy atom. The Labute approximate surface area is 94.2 Å². The third-order valence-corrected chi connectivity index (χ3v) is 1.85. The first-order valence-corrected chi connectivity index (χ1v) is 5.07. The maximum Gasteiger partial charge on any atom is 0.339 e. The molecule has 1 aromatic carbocycles. The monoisotopic (exact) mass is 222 g/mol. The van der Waals surface area contributed by atoms with Gasteiger partial charge in [0, 0.05) is 6.42 Å². The summed E-state index contributed by atoms with van der Waals surface area (Å²) in [6, 6.07) is 9.46. The zero-order valence-electron chi connectivity index (χ0n) is 9.14. The molecule has 0 unspecified atom stereocenters. The minimum absolute atomic E-state index is 0.185. The molecule has 0 aliphatic carbocycles. The van der Waals surface area contributed by atoms with E-state index in [4.69, 9.17) is 4.74 Å². The van der Waals surface area contributed by atoms with E-state index in [1.165, 1.54) is 0 Å². The molecule has 0 aliphatic heterocycles. The van der Waals surface area contributed by atoms with Crippen LogP contribution in [0.3, 0.4) is 0 Å². The highest BCUT2D eigenvalue weighted by atomic mass is 16.6. The van der Waals surface area contributed by atoms with Crippen molar-refractivity contribution in [1.82, 2.24) is 0 Å². The highest BCUT2D eigenvalue weighted by molar-refractivity contribution is 5.85. The van der Waals surface area contributed by atoms with Gasteiger partial charge in [0.2, 0.25) is 0 Å². The van der Waals surface area contributed by atoms with Crippen molar-refractivity contribution >= 4 is 11.9 Å². The van der Waals surface area contributed by atoms with Crippen LogP contribution in [0.25, 0.3) is 0 Å². The van der Waals surface area contributed by atoms with Crippen molar-refractivity contribution in [2.75, 3.05) is 6.61 Å². The number of hydrogen-bond acceptors (Lipinski definition) is 4. The molecule has 16 heavy (non-hydrogen) atoms. The van der Waals surface area contributed by atoms with Gasteiger partial charge in [-0.05, 0) is 5.56 Å². The molecule has 0 fully saturated rings. The molecule has 0 saturated heterocycles. The number of benzene rings is 1. The lowest BCUT2D eigenvalue weighted by atomic mass is 10.2. The molecule has 0 spiro atoms. The standard InChI is InChI=1S/C12H14O4/c1-2-11(13)16-12(14)9-15-8-10-6-4-3-5-7-10/h3-7H,2,8-9H2,1H3. The van der Waals surface area contributed by atoms with Gasteiger partial charge in [-0.3, -0.25) is 4.79 Å². The maximum absolute atomic E-state index is 11.0. The quantitative estimate of drug-likeness (QED) is 0.562. The smallest absolute Gasteiger partial charge is 0.339 e. The molecule has 4 nitrogen and oxygen atoms in total. The Bertz CT molecular complexity index is 345. The van der Waals surface area contributed by atoms with Gasteiger partial charge >= 0.3 is 11.9 Å². The fourth-order valence-corrected chi connectivity index (χ4v) is 1.06. The van der Waals surface area contributed by atoms with Gasteiger partial charge < -0.3 is 9.47 Å². The fourth-order valence-electron chi connectivity index (χ4n) is 1.06. The highest BCUT2D eigenvalue weighted by Crippen LogP contribution is 2.00. The summed E-state index contributed by atoms with van der Waals surface area (Å²) >= 11 is 0. The van der Waals surface area contributed by atoms with Gasteiger partial charge in [-0.15, -0.1) is 0 Å². The van der Waals surface area contributed by atoms with Gasteiger partial charge in [0.05, 0.1) is 6.61 Å². The summed E-state index contributed by atoms with van der Waals surface area (Å²) in [5.74, 6) is -1.18. The minimum atomic E-state index is -0.650. The summed E-state index contributed by atoms with van der Waals surface area (Å²) in [5.41, 5.74) is 0.970. The molecule has 0 aliphatic rings. The molecule has 0 radical (unpaired) electrons. The van der Waals surface area contributed by atoms with E-state index < -0.39 is 11.9 Å². The van der Waals surface area contributed by atoms with E-state index in [0.29, 0.717) is 6.61 Å². The van der Waals surface area contributed by atoms with Crippen LogP contribution in [0.1, 0.15) is 18.9 Å². The zero-order valence-corrected chi connectivity index (χ0v) is 9.14. The summed E-state index contributed by atoms with van der Waals surface area (Å²) in [6.45, 7) is 1.75. The predicted molar refractivity (Wildman–Crippen MR) is 57.5 cm³/mol. The first-order chi connectivity index (χ1) is 7.72. The lowest BCUT2D eigenvalue weighted by Crippen LogP contribution is -2.16. The molecule has 86 valence electrons. The van der Waals surface area contributed by atoms with Crippen molar-refractivity contribution in [2.45, 2.75) is 20.0 Å². The molecule has 4 heteroatoms. The SMILES string of the molecule is CCC(=O)OC(=O)COCc1ccccc1. The second kappa shape index (κ2) is 6.74. The van der Waals surface area contributed by atoms with Crippen LogP contribution < -0.4 is 0 Å². The van der Waals surface area contributed by atoms with E-state index in [-0.39, 0.29) is 13.0 Å². The average Bonchev–Trinajstić information content (AvgIpc) is 2.30. The van der Waals surface area contributed by atoms with Crippen LogP contribution in [0.4, 0.5) is 0 Å². The molecular formula is C12H14O4. The molecule has 1 aromatic rings. The van der Waals surface area contributed by atoms with E-state index >= 15 is 0 Å². The second-order valence-electron chi connectivity index (χ2n) is 3.18. The average molecular weight is 222 g/mol. The van der Waals surface area contributed by atoms with Crippen LogP contribution in [0.5, 0.6) is 0 Å². The van der Waals surface area contributed by atoms with E-state index in [0.717, 1.165) is 5.56 Å². The van der Waals surface area contributed by atoms with E-state index in [2.05, 4.69) is 4.74 Å². The summed E-state index contributed by atoms with van der Waals surface area (Å²) in [7, 11) is 0. The highest BCUT2D eigenvalue weighted by Gasteiger charge is 2.08. The van der Waals surface area contributed by atoms with Crippen molar-refractivity contribution in [2.24, 2.45) is 0 Å². The first-order valence-electron chi connectivity index (χ1n) is 5.07. The van der Waals surface area contributed by atoms with Crippen LogP contribution in [-0.2, 0) is 25.7 Å². The van der Waals surface area contributed by atoms with Crippen LogP contribution >= 0.6 is 0 Å². The lowest BCUT2D eigenvalue weighted by molar-refractivity contribution is -0.162.